The number of benzene rings is 4. The van der Waals surface area contributed by atoms with Gasteiger partial charge in [-0.2, -0.15) is 5.10 Å². The molecule has 0 aliphatic carbocycles. The van der Waals surface area contributed by atoms with E-state index < -0.39 is 27.5 Å². The van der Waals surface area contributed by atoms with Gasteiger partial charge in [-0.25, -0.2) is 22.3 Å². The average Bonchev–Trinajstić information content (AvgIpc) is 3.40. The van der Waals surface area contributed by atoms with Crippen LogP contribution in [0.25, 0.3) is 11.1 Å². The van der Waals surface area contributed by atoms with Crippen LogP contribution in [0, 0.1) is 5.82 Å². The fourth-order valence-electron chi connectivity index (χ4n) is 6.06. The number of ketones is 1. The minimum absolute atomic E-state index is 0.0472. The Balaban J connectivity index is 1.48. The number of amides is 1. The first kappa shape index (κ1) is 37.2. The molecule has 1 amide bonds. The Hall–Kier alpha value is -5.09. The Morgan fingerprint density at radius 1 is 0.843 bits per heavy atom. The third-order valence-corrected chi connectivity index (χ3v) is 9.64. The number of aryl methyl sites for hydroxylation is 1. The van der Waals surface area contributed by atoms with Crippen LogP contribution in [0.3, 0.4) is 0 Å². The third-order valence-electron chi connectivity index (χ3n) is 8.27. The SMILES string of the molecule is CCCn1nc(C(C)C)c(Cc2cccc(C(=O)c3ccccc3)c2)c1Cc1ccc(-c2ccccc2S(=O)(=O)NC(=O)OC(C)(C)C)c(F)c1. The lowest BCUT2D eigenvalue weighted by atomic mass is 9.93. The molecule has 5 aromatic rings. The number of aromatic nitrogens is 2. The average molecular weight is 710 g/mol. The monoisotopic (exact) mass is 709 g/mol. The van der Waals surface area contributed by atoms with E-state index in [0.29, 0.717) is 36.1 Å². The van der Waals surface area contributed by atoms with Crippen molar-refractivity contribution in [2.75, 3.05) is 0 Å². The number of carbonyl (C=O) groups is 2. The van der Waals surface area contributed by atoms with Gasteiger partial charge in [0.15, 0.2) is 5.78 Å². The molecule has 1 N–H and O–H groups in total. The number of hydrogen-bond acceptors (Lipinski definition) is 6. The first-order chi connectivity index (χ1) is 24.2. The minimum Gasteiger partial charge on any atom is -0.443 e. The van der Waals surface area contributed by atoms with Crippen LogP contribution in [0.15, 0.2) is 102 Å². The van der Waals surface area contributed by atoms with E-state index in [4.69, 9.17) is 9.84 Å². The normalized spacial score (nSPS) is 11.8. The fourth-order valence-corrected chi connectivity index (χ4v) is 7.15. The number of sulfonamides is 1. The van der Waals surface area contributed by atoms with Crippen LogP contribution >= 0.6 is 0 Å². The molecule has 0 aliphatic heterocycles. The topological polar surface area (TPSA) is 107 Å². The number of carbonyl (C=O) groups excluding carboxylic acids is 2. The predicted molar refractivity (Wildman–Crippen MR) is 197 cm³/mol. The summed E-state index contributed by atoms with van der Waals surface area (Å²) in [5.74, 6) is -0.529. The van der Waals surface area contributed by atoms with E-state index in [2.05, 4.69) is 20.8 Å². The summed E-state index contributed by atoms with van der Waals surface area (Å²) >= 11 is 0. The first-order valence-corrected chi connectivity index (χ1v) is 18.6. The Morgan fingerprint density at radius 2 is 1.51 bits per heavy atom. The molecule has 0 fully saturated rings. The molecule has 8 nitrogen and oxygen atoms in total. The molecule has 1 heterocycles. The van der Waals surface area contributed by atoms with Crippen LogP contribution in [-0.4, -0.2) is 35.7 Å². The standard InChI is InChI=1S/C41H44FN3O5S/c1-7-22-45-36(34(38(43-45)27(2)3)24-28-14-13-17-31(23-28)39(46)30-15-9-8-10-16-30)26-29-20-21-32(35(42)25-29)33-18-11-12-19-37(33)51(48,49)44-40(47)50-41(4,5)6/h8-21,23,25,27H,7,22,24,26H2,1-6H3,(H,44,47). The second-order valence-corrected chi connectivity index (χ2v) is 15.5. The van der Waals surface area contributed by atoms with Crippen LogP contribution in [0.1, 0.15) is 97.9 Å². The quantitative estimate of drug-likeness (QED) is 0.130. The Morgan fingerprint density at radius 3 is 2.18 bits per heavy atom. The third kappa shape index (κ3) is 8.99. The maximum Gasteiger partial charge on any atom is 0.421 e. The van der Waals surface area contributed by atoms with E-state index in [1.165, 1.54) is 24.3 Å². The van der Waals surface area contributed by atoms with E-state index in [1.807, 2.05) is 64.0 Å². The number of ether oxygens (including phenoxy) is 1. The lowest BCUT2D eigenvalue weighted by molar-refractivity contribution is 0.0570. The maximum absolute atomic E-state index is 16.0. The number of hydrogen-bond donors (Lipinski definition) is 1. The van der Waals surface area contributed by atoms with Gasteiger partial charge >= 0.3 is 6.09 Å². The van der Waals surface area contributed by atoms with Crippen molar-refractivity contribution in [1.82, 2.24) is 14.5 Å². The summed E-state index contributed by atoms with van der Waals surface area (Å²) in [5.41, 5.74) is 5.11. The highest BCUT2D eigenvalue weighted by atomic mass is 32.2. The van der Waals surface area contributed by atoms with Crippen molar-refractivity contribution in [2.24, 2.45) is 0 Å². The van der Waals surface area contributed by atoms with Gasteiger partial charge in [0.2, 0.25) is 0 Å². The number of nitrogens with zero attached hydrogens (tertiary/aromatic N) is 2. The molecule has 5 rings (SSSR count). The Kier molecular flexibility index (Phi) is 11.2. The molecule has 0 saturated heterocycles. The van der Waals surface area contributed by atoms with Crippen molar-refractivity contribution < 1.29 is 27.1 Å². The lowest BCUT2D eigenvalue weighted by Gasteiger charge is -2.20. The molecular weight excluding hydrogens is 666 g/mol. The molecule has 0 atom stereocenters. The molecule has 0 unspecified atom stereocenters. The van der Waals surface area contributed by atoms with Gasteiger partial charge in [0.1, 0.15) is 11.4 Å². The predicted octanol–water partition coefficient (Wildman–Crippen LogP) is 8.85. The molecule has 0 radical (unpaired) electrons. The van der Waals surface area contributed by atoms with E-state index in [9.17, 15) is 18.0 Å². The summed E-state index contributed by atoms with van der Waals surface area (Å²) in [6.07, 6.45) is 0.652. The summed E-state index contributed by atoms with van der Waals surface area (Å²) in [4.78, 5) is 25.3. The minimum atomic E-state index is -4.39. The van der Waals surface area contributed by atoms with Gasteiger partial charge < -0.3 is 4.74 Å². The zero-order valence-electron chi connectivity index (χ0n) is 29.9. The summed E-state index contributed by atoms with van der Waals surface area (Å²) in [5, 5.41) is 5.01. The molecular formula is C41H44FN3O5S. The second-order valence-electron chi connectivity index (χ2n) is 13.9. The largest absolute Gasteiger partial charge is 0.443 e. The molecule has 0 bridgehead atoms. The van der Waals surface area contributed by atoms with Gasteiger partial charge in [0.25, 0.3) is 10.0 Å². The molecule has 0 saturated carbocycles. The van der Waals surface area contributed by atoms with Crippen molar-refractivity contribution in [2.45, 2.75) is 83.8 Å². The highest BCUT2D eigenvalue weighted by Gasteiger charge is 2.27. The summed E-state index contributed by atoms with van der Waals surface area (Å²) in [6, 6.07) is 27.5. The molecule has 51 heavy (non-hydrogen) atoms. The summed E-state index contributed by atoms with van der Waals surface area (Å²) in [7, 11) is -4.39. The zero-order valence-corrected chi connectivity index (χ0v) is 30.7. The van der Waals surface area contributed by atoms with E-state index in [1.54, 1.807) is 39.0 Å². The van der Waals surface area contributed by atoms with Crippen molar-refractivity contribution >= 4 is 21.9 Å². The second kappa shape index (κ2) is 15.4. The summed E-state index contributed by atoms with van der Waals surface area (Å²) in [6.45, 7) is 11.8. The fraction of sp³-hybridized carbons (Fsp3) is 0.293. The summed E-state index contributed by atoms with van der Waals surface area (Å²) < 4.78 is 51.6. The molecule has 1 aromatic heterocycles. The van der Waals surface area contributed by atoms with Crippen LogP contribution in [0.4, 0.5) is 9.18 Å². The molecule has 0 aliphatic rings. The highest BCUT2D eigenvalue weighted by molar-refractivity contribution is 7.90. The van der Waals surface area contributed by atoms with Crippen LogP contribution in [0.5, 0.6) is 0 Å². The van der Waals surface area contributed by atoms with Crippen LogP contribution in [0.2, 0.25) is 0 Å². The van der Waals surface area contributed by atoms with Crippen molar-refractivity contribution in [3.63, 3.8) is 0 Å². The van der Waals surface area contributed by atoms with Gasteiger partial charge in [-0.05, 0) is 62.4 Å². The van der Waals surface area contributed by atoms with Gasteiger partial charge in [-0.1, -0.05) is 99.6 Å². The smallest absolute Gasteiger partial charge is 0.421 e. The maximum atomic E-state index is 16.0. The Bertz CT molecular complexity index is 2150. The van der Waals surface area contributed by atoms with Crippen molar-refractivity contribution in [3.05, 3.63) is 142 Å². The zero-order chi connectivity index (χ0) is 36.9. The number of halogens is 1. The van der Waals surface area contributed by atoms with Crippen molar-refractivity contribution in [3.8, 4) is 11.1 Å². The molecule has 10 heteroatoms. The molecule has 4 aromatic carbocycles. The van der Waals surface area contributed by atoms with Gasteiger partial charge in [-0.15, -0.1) is 0 Å². The number of rotatable bonds is 12. The van der Waals surface area contributed by atoms with E-state index in [-0.39, 0.29) is 27.7 Å². The van der Waals surface area contributed by atoms with Gasteiger partial charge in [-0.3, -0.25) is 9.48 Å². The van der Waals surface area contributed by atoms with Crippen LogP contribution in [-0.2, 0) is 34.1 Å². The van der Waals surface area contributed by atoms with E-state index >= 15 is 4.39 Å². The van der Waals surface area contributed by atoms with Crippen molar-refractivity contribution in [1.29, 1.82) is 0 Å². The van der Waals surface area contributed by atoms with E-state index in [0.717, 1.165) is 28.9 Å². The first-order valence-electron chi connectivity index (χ1n) is 17.1. The Labute approximate surface area is 299 Å². The van der Waals surface area contributed by atoms with Crippen LogP contribution < -0.4 is 4.72 Å². The molecule has 0 spiro atoms. The highest BCUT2D eigenvalue weighted by Crippen LogP contribution is 2.32. The number of nitrogens with one attached hydrogen (secondary N) is 1. The van der Waals surface area contributed by atoms with Gasteiger partial charge in [0, 0.05) is 52.9 Å². The lowest BCUT2D eigenvalue weighted by Crippen LogP contribution is -2.36. The molecule has 266 valence electrons. The van der Waals surface area contributed by atoms with Gasteiger partial charge in [0.05, 0.1) is 10.6 Å².